The average molecular weight is 487 g/mol. The lowest BCUT2D eigenvalue weighted by Crippen LogP contribution is -2.08. The van der Waals surface area contributed by atoms with E-state index in [-0.39, 0.29) is 5.91 Å². The van der Waals surface area contributed by atoms with Crippen molar-refractivity contribution >= 4 is 17.7 Å². The van der Waals surface area contributed by atoms with Crippen LogP contribution in [0.15, 0.2) is 72.9 Å². The summed E-state index contributed by atoms with van der Waals surface area (Å²) in [5.74, 6) is 2.21. The normalized spacial score (nSPS) is 10.8. The molecule has 4 aromatic rings. The number of carbonyl (C=O) groups excluding carboxylic acids is 1. The predicted molar refractivity (Wildman–Crippen MR) is 137 cm³/mol. The molecule has 0 fully saturated rings. The number of rotatable bonds is 9. The van der Waals surface area contributed by atoms with Crippen LogP contribution in [0.5, 0.6) is 23.0 Å². The second-order valence-corrected chi connectivity index (χ2v) is 7.58. The third kappa shape index (κ3) is 5.30. The van der Waals surface area contributed by atoms with Crippen LogP contribution in [0, 0.1) is 0 Å². The van der Waals surface area contributed by atoms with Crippen molar-refractivity contribution in [1.29, 1.82) is 0 Å². The van der Waals surface area contributed by atoms with Gasteiger partial charge in [-0.25, -0.2) is 4.68 Å². The molecule has 0 saturated heterocycles. The van der Waals surface area contributed by atoms with Crippen molar-refractivity contribution in [2.24, 2.45) is 0 Å². The number of hydrogen-bond acceptors (Lipinski definition) is 7. The molecule has 0 unspecified atom stereocenters. The standard InChI is InChI=1S/C27H26N4O5/c1-33-23-12-5-18(15-25(23)35-3)6-14-27(32)29-20-8-10-21(11-9-20)31-22(17-28-30-31)19-7-13-24(34-2)26(16-19)36-4/h5-17H,1-4H3,(H,29,32)/b14-6+. The Morgan fingerprint density at radius 2 is 1.44 bits per heavy atom. The summed E-state index contributed by atoms with van der Waals surface area (Å²) in [5.41, 5.74) is 3.90. The summed E-state index contributed by atoms with van der Waals surface area (Å²) < 4.78 is 23.0. The third-order valence-electron chi connectivity index (χ3n) is 5.44. The van der Waals surface area contributed by atoms with Crippen LogP contribution >= 0.6 is 0 Å². The van der Waals surface area contributed by atoms with Crippen LogP contribution in [0.4, 0.5) is 5.69 Å². The van der Waals surface area contributed by atoms with Crippen LogP contribution < -0.4 is 24.3 Å². The Labute approximate surface area is 208 Å². The van der Waals surface area contributed by atoms with Crippen molar-refractivity contribution in [3.05, 3.63) is 78.5 Å². The zero-order chi connectivity index (χ0) is 25.5. The van der Waals surface area contributed by atoms with Gasteiger partial charge in [-0.2, -0.15) is 0 Å². The Morgan fingerprint density at radius 3 is 2.11 bits per heavy atom. The molecule has 0 saturated carbocycles. The molecule has 1 N–H and O–H groups in total. The van der Waals surface area contributed by atoms with E-state index < -0.39 is 0 Å². The van der Waals surface area contributed by atoms with Gasteiger partial charge >= 0.3 is 0 Å². The van der Waals surface area contributed by atoms with Gasteiger partial charge in [-0.1, -0.05) is 11.3 Å². The molecule has 184 valence electrons. The molecule has 9 nitrogen and oxygen atoms in total. The fourth-order valence-electron chi connectivity index (χ4n) is 3.62. The van der Waals surface area contributed by atoms with Gasteiger partial charge < -0.3 is 24.3 Å². The summed E-state index contributed by atoms with van der Waals surface area (Å²) in [6.07, 6.45) is 4.84. The molecule has 0 aliphatic rings. The van der Waals surface area contributed by atoms with Gasteiger partial charge in [0.1, 0.15) is 0 Å². The first kappa shape index (κ1) is 24.3. The number of methoxy groups -OCH3 is 4. The number of ether oxygens (including phenoxy) is 4. The molecule has 0 spiro atoms. The maximum Gasteiger partial charge on any atom is 0.248 e. The molecule has 1 aromatic heterocycles. The lowest BCUT2D eigenvalue weighted by molar-refractivity contribution is -0.111. The SMILES string of the molecule is COc1ccc(/C=C/C(=O)Nc2ccc(-n3nncc3-c3ccc(OC)c(OC)c3)cc2)cc1OC. The van der Waals surface area contributed by atoms with E-state index in [1.54, 1.807) is 69.7 Å². The van der Waals surface area contributed by atoms with E-state index in [2.05, 4.69) is 15.6 Å². The fraction of sp³-hybridized carbons (Fsp3) is 0.148. The minimum absolute atomic E-state index is 0.260. The Bertz CT molecular complexity index is 1380. The average Bonchev–Trinajstić information content (AvgIpc) is 3.41. The first-order valence-corrected chi connectivity index (χ1v) is 11.0. The molecule has 0 radical (unpaired) electrons. The van der Waals surface area contributed by atoms with Crippen LogP contribution in [0.2, 0.25) is 0 Å². The molecule has 36 heavy (non-hydrogen) atoms. The summed E-state index contributed by atoms with van der Waals surface area (Å²) in [6, 6.07) is 18.4. The minimum atomic E-state index is -0.260. The Morgan fingerprint density at radius 1 is 0.806 bits per heavy atom. The van der Waals surface area contributed by atoms with E-state index in [9.17, 15) is 4.79 Å². The largest absolute Gasteiger partial charge is 0.493 e. The summed E-state index contributed by atoms with van der Waals surface area (Å²) in [6.45, 7) is 0. The van der Waals surface area contributed by atoms with Gasteiger partial charge in [-0.3, -0.25) is 4.79 Å². The maximum atomic E-state index is 12.4. The van der Waals surface area contributed by atoms with Crippen LogP contribution in [0.1, 0.15) is 5.56 Å². The number of nitrogens with one attached hydrogen (secondary N) is 1. The zero-order valence-electron chi connectivity index (χ0n) is 20.4. The lowest BCUT2D eigenvalue weighted by atomic mass is 10.1. The van der Waals surface area contributed by atoms with Crippen LogP contribution in [-0.2, 0) is 4.79 Å². The zero-order valence-corrected chi connectivity index (χ0v) is 20.4. The third-order valence-corrected chi connectivity index (χ3v) is 5.44. The van der Waals surface area contributed by atoms with Crippen molar-refractivity contribution < 1.29 is 23.7 Å². The van der Waals surface area contributed by atoms with Gasteiger partial charge in [-0.05, 0) is 66.2 Å². The highest BCUT2D eigenvalue weighted by atomic mass is 16.5. The van der Waals surface area contributed by atoms with Crippen molar-refractivity contribution in [3.8, 4) is 39.9 Å². The Hall–Kier alpha value is -4.79. The van der Waals surface area contributed by atoms with Crippen LogP contribution in [-0.4, -0.2) is 49.3 Å². The second-order valence-electron chi connectivity index (χ2n) is 7.58. The number of benzene rings is 3. The van der Waals surface area contributed by atoms with Crippen LogP contribution in [0.25, 0.3) is 23.0 Å². The van der Waals surface area contributed by atoms with E-state index in [0.717, 1.165) is 22.5 Å². The van der Waals surface area contributed by atoms with Gasteiger partial charge in [0.25, 0.3) is 0 Å². The van der Waals surface area contributed by atoms with E-state index in [1.807, 2.05) is 36.4 Å². The van der Waals surface area contributed by atoms with Crippen molar-refractivity contribution in [2.45, 2.75) is 0 Å². The molecular formula is C27H26N4O5. The monoisotopic (exact) mass is 486 g/mol. The Balaban J connectivity index is 1.47. The molecule has 3 aromatic carbocycles. The summed E-state index contributed by atoms with van der Waals surface area (Å²) >= 11 is 0. The van der Waals surface area contributed by atoms with E-state index in [0.29, 0.717) is 28.7 Å². The molecule has 4 rings (SSSR count). The van der Waals surface area contributed by atoms with Gasteiger partial charge in [-0.15, -0.1) is 5.10 Å². The highest BCUT2D eigenvalue weighted by molar-refractivity contribution is 6.02. The number of amides is 1. The lowest BCUT2D eigenvalue weighted by Gasteiger charge is -2.11. The Kier molecular flexibility index (Phi) is 7.50. The molecule has 9 heteroatoms. The minimum Gasteiger partial charge on any atom is -0.493 e. The summed E-state index contributed by atoms with van der Waals surface area (Å²) in [7, 11) is 6.33. The number of carbonyl (C=O) groups is 1. The smallest absolute Gasteiger partial charge is 0.248 e. The number of anilines is 1. The van der Waals surface area contributed by atoms with Gasteiger partial charge in [0.05, 0.1) is 46.0 Å². The first-order chi connectivity index (χ1) is 17.6. The summed E-state index contributed by atoms with van der Waals surface area (Å²) in [5, 5.41) is 11.1. The molecule has 0 aliphatic carbocycles. The topological polar surface area (TPSA) is 96.7 Å². The van der Waals surface area contributed by atoms with Crippen molar-refractivity contribution in [2.75, 3.05) is 33.8 Å². The highest BCUT2D eigenvalue weighted by Gasteiger charge is 2.12. The second kappa shape index (κ2) is 11.1. The van der Waals surface area contributed by atoms with E-state index >= 15 is 0 Å². The van der Waals surface area contributed by atoms with Gasteiger partial charge in [0.15, 0.2) is 23.0 Å². The predicted octanol–water partition coefficient (Wildman–Crippen LogP) is 4.62. The number of hydrogen-bond donors (Lipinski definition) is 1. The van der Waals surface area contributed by atoms with E-state index in [4.69, 9.17) is 18.9 Å². The number of aromatic nitrogens is 3. The molecule has 1 amide bonds. The molecule has 0 bridgehead atoms. The van der Waals surface area contributed by atoms with Crippen LogP contribution in [0.3, 0.4) is 0 Å². The summed E-state index contributed by atoms with van der Waals surface area (Å²) in [4.78, 5) is 12.4. The fourth-order valence-corrected chi connectivity index (χ4v) is 3.62. The molecular weight excluding hydrogens is 460 g/mol. The molecule has 1 heterocycles. The number of nitrogens with zero attached hydrogens (tertiary/aromatic N) is 3. The highest BCUT2D eigenvalue weighted by Crippen LogP contribution is 2.33. The first-order valence-electron chi connectivity index (χ1n) is 11.0. The van der Waals surface area contributed by atoms with Gasteiger partial charge in [0.2, 0.25) is 5.91 Å². The van der Waals surface area contributed by atoms with Crippen molar-refractivity contribution in [3.63, 3.8) is 0 Å². The maximum absolute atomic E-state index is 12.4. The van der Waals surface area contributed by atoms with Crippen molar-refractivity contribution in [1.82, 2.24) is 15.0 Å². The van der Waals surface area contributed by atoms with Gasteiger partial charge in [0, 0.05) is 17.3 Å². The molecule has 0 atom stereocenters. The quantitative estimate of drug-likeness (QED) is 0.345. The molecule has 0 aliphatic heterocycles. The van der Waals surface area contributed by atoms with E-state index in [1.165, 1.54) is 6.08 Å².